The summed E-state index contributed by atoms with van der Waals surface area (Å²) in [5.41, 5.74) is 1.26. The van der Waals surface area contributed by atoms with Gasteiger partial charge in [0.05, 0.1) is 0 Å². The number of nitrogens with one attached hydrogen (secondary N) is 1. The van der Waals surface area contributed by atoms with E-state index in [-0.39, 0.29) is 5.91 Å². The standard InChI is InChI=1S/C12H19NOS2/c1-10(8-15-2)7-13-12(14)4-3-11-5-6-16-9-11/h5-6,9-10H,3-4,7-8H2,1-2H3,(H,13,14)/t10-/m1/s1. The van der Waals surface area contributed by atoms with Crippen LogP contribution < -0.4 is 5.32 Å². The van der Waals surface area contributed by atoms with Crippen molar-refractivity contribution >= 4 is 29.0 Å². The van der Waals surface area contributed by atoms with Crippen LogP contribution in [0.1, 0.15) is 18.9 Å². The summed E-state index contributed by atoms with van der Waals surface area (Å²) in [7, 11) is 0. The molecule has 0 bridgehead atoms. The summed E-state index contributed by atoms with van der Waals surface area (Å²) in [6, 6.07) is 2.08. The lowest BCUT2D eigenvalue weighted by Crippen LogP contribution is -2.29. The van der Waals surface area contributed by atoms with Crippen molar-refractivity contribution in [3.63, 3.8) is 0 Å². The second kappa shape index (κ2) is 7.74. The van der Waals surface area contributed by atoms with Crippen molar-refractivity contribution in [3.05, 3.63) is 22.4 Å². The molecule has 0 radical (unpaired) electrons. The molecule has 1 atom stereocenters. The second-order valence-electron chi connectivity index (χ2n) is 4.00. The summed E-state index contributed by atoms with van der Waals surface area (Å²) in [4.78, 5) is 11.5. The highest BCUT2D eigenvalue weighted by atomic mass is 32.2. The van der Waals surface area contributed by atoms with Crippen LogP contribution in [0.4, 0.5) is 0 Å². The van der Waals surface area contributed by atoms with Gasteiger partial charge in [-0.1, -0.05) is 6.92 Å². The minimum absolute atomic E-state index is 0.166. The van der Waals surface area contributed by atoms with E-state index in [1.54, 1.807) is 11.3 Å². The first-order valence-electron chi connectivity index (χ1n) is 5.49. The fourth-order valence-electron chi connectivity index (χ4n) is 1.41. The number of carbonyl (C=O) groups excluding carboxylic acids is 1. The van der Waals surface area contributed by atoms with E-state index in [4.69, 9.17) is 0 Å². The number of amides is 1. The topological polar surface area (TPSA) is 29.1 Å². The molecule has 1 aromatic heterocycles. The number of aryl methyl sites for hydroxylation is 1. The average Bonchev–Trinajstić information content (AvgIpc) is 2.77. The third kappa shape index (κ3) is 5.56. The molecule has 0 fully saturated rings. The van der Waals surface area contributed by atoms with Crippen LogP contribution in [0.15, 0.2) is 16.8 Å². The van der Waals surface area contributed by atoms with E-state index in [1.807, 2.05) is 17.1 Å². The lowest BCUT2D eigenvalue weighted by Gasteiger charge is -2.10. The third-order valence-electron chi connectivity index (χ3n) is 2.32. The molecule has 0 saturated carbocycles. The Morgan fingerprint density at radius 1 is 1.62 bits per heavy atom. The molecule has 0 unspecified atom stereocenters. The van der Waals surface area contributed by atoms with Gasteiger partial charge in [0.2, 0.25) is 5.91 Å². The highest BCUT2D eigenvalue weighted by Crippen LogP contribution is 2.08. The van der Waals surface area contributed by atoms with Crippen molar-refractivity contribution in [2.24, 2.45) is 5.92 Å². The van der Waals surface area contributed by atoms with Gasteiger partial charge in [-0.15, -0.1) is 0 Å². The maximum atomic E-state index is 11.5. The predicted molar refractivity (Wildman–Crippen MR) is 73.2 cm³/mol. The number of hydrogen-bond acceptors (Lipinski definition) is 3. The lowest BCUT2D eigenvalue weighted by atomic mass is 10.2. The Balaban J connectivity index is 2.11. The third-order valence-corrected chi connectivity index (χ3v) is 3.95. The molecule has 1 rings (SSSR count). The smallest absolute Gasteiger partial charge is 0.220 e. The van der Waals surface area contributed by atoms with Gasteiger partial charge in [0.15, 0.2) is 0 Å². The number of thioether (sulfide) groups is 1. The molecule has 2 nitrogen and oxygen atoms in total. The van der Waals surface area contributed by atoms with E-state index >= 15 is 0 Å². The molecule has 0 aliphatic rings. The molecule has 4 heteroatoms. The Hall–Kier alpha value is -0.480. The van der Waals surface area contributed by atoms with Crippen molar-refractivity contribution in [2.75, 3.05) is 18.6 Å². The fraction of sp³-hybridized carbons (Fsp3) is 0.583. The zero-order valence-electron chi connectivity index (χ0n) is 9.86. The molecule has 16 heavy (non-hydrogen) atoms. The zero-order valence-corrected chi connectivity index (χ0v) is 11.5. The summed E-state index contributed by atoms with van der Waals surface area (Å²) < 4.78 is 0. The van der Waals surface area contributed by atoms with Crippen LogP contribution >= 0.6 is 23.1 Å². The predicted octanol–water partition coefficient (Wildman–Crippen LogP) is 2.80. The molecular weight excluding hydrogens is 238 g/mol. The summed E-state index contributed by atoms with van der Waals surface area (Å²) in [5, 5.41) is 7.13. The van der Waals surface area contributed by atoms with E-state index in [9.17, 15) is 4.79 Å². The first-order chi connectivity index (χ1) is 7.72. The van der Waals surface area contributed by atoms with E-state index in [0.717, 1.165) is 18.7 Å². The van der Waals surface area contributed by atoms with Crippen LogP contribution in [-0.4, -0.2) is 24.5 Å². The monoisotopic (exact) mass is 257 g/mol. The van der Waals surface area contributed by atoms with Gasteiger partial charge in [0.1, 0.15) is 0 Å². The molecule has 90 valence electrons. The molecule has 0 saturated heterocycles. The van der Waals surface area contributed by atoms with Gasteiger partial charge in [-0.3, -0.25) is 4.79 Å². The van der Waals surface area contributed by atoms with Gasteiger partial charge in [-0.2, -0.15) is 23.1 Å². The van der Waals surface area contributed by atoms with Crippen molar-refractivity contribution < 1.29 is 4.79 Å². The number of hydrogen-bond donors (Lipinski definition) is 1. The maximum absolute atomic E-state index is 11.5. The van der Waals surface area contributed by atoms with E-state index < -0.39 is 0 Å². The summed E-state index contributed by atoms with van der Waals surface area (Å²) in [6.45, 7) is 2.96. The highest BCUT2D eigenvalue weighted by Gasteiger charge is 2.05. The lowest BCUT2D eigenvalue weighted by molar-refractivity contribution is -0.121. The molecule has 1 aromatic rings. The number of thiophene rings is 1. The van der Waals surface area contributed by atoms with Crippen LogP contribution in [0.2, 0.25) is 0 Å². The second-order valence-corrected chi connectivity index (χ2v) is 5.69. The van der Waals surface area contributed by atoms with Crippen molar-refractivity contribution in [1.29, 1.82) is 0 Å². The zero-order chi connectivity index (χ0) is 11.8. The first-order valence-corrected chi connectivity index (χ1v) is 7.82. The Kier molecular flexibility index (Phi) is 6.57. The van der Waals surface area contributed by atoms with Crippen LogP contribution in [0, 0.1) is 5.92 Å². The van der Waals surface area contributed by atoms with E-state index in [2.05, 4.69) is 29.9 Å². The van der Waals surface area contributed by atoms with E-state index in [1.165, 1.54) is 5.56 Å². The molecule has 0 aliphatic heterocycles. The Labute approximate surface area is 106 Å². The van der Waals surface area contributed by atoms with Crippen LogP contribution in [0.3, 0.4) is 0 Å². The van der Waals surface area contributed by atoms with Gasteiger partial charge in [0, 0.05) is 13.0 Å². The van der Waals surface area contributed by atoms with Gasteiger partial charge >= 0.3 is 0 Å². The van der Waals surface area contributed by atoms with Gasteiger partial charge in [-0.25, -0.2) is 0 Å². The van der Waals surface area contributed by atoms with Crippen molar-refractivity contribution in [3.8, 4) is 0 Å². The van der Waals surface area contributed by atoms with Gasteiger partial charge < -0.3 is 5.32 Å². The SMILES string of the molecule is CSC[C@H](C)CNC(=O)CCc1ccsc1. The van der Waals surface area contributed by atoms with Crippen molar-refractivity contribution in [1.82, 2.24) is 5.32 Å². The maximum Gasteiger partial charge on any atom is 0.220 e. The molecule has 1 N–H and O–H groups in total. The average molecular weight is 257 g/mol. The normalized spacial score (nSPS) is 12.4. The summed E-state index contributed by atoms with van der Waals surface area (Å²) in [6.07, 6.45) is 3.55. The molecular formula is C12H19NOS2. The quantitative estimate of drug-likeness (QED) is 0.814. The largest absolute Gasteiger partial charge is 0.356 e. The molecule has 1 heterocycles. The first kappa shape index (κ1) is 13.6. The Morgan fingerprint density at radius 2 is 2.44 bits per heavy atom. The van der Waals surface area contributed by atoms with Crippen LogP contribution in [0.25, 0.3) is 0 Å². The van der Waals surface area contributed by atoms with Crippen molar-refractivity contribution in [2.45, 2.75) is 19.8 Å². The minimum Gasteiger partial charge on any atom is -0.356 e. The Morgan fingerprint density at radius 3 is 3.06 bits per heavy atom. The highest BCUT2D eigenvalue weighted by molar-refractivity contribution is 7.98. The summed E-state index contributed by atoms with van der Waals surface area (Å²) >= 11 is 3.50. The Bertz CT molecular complexity index is 298. The fourth-order valence-corrected chi connectivity index (χ4v) is 2.80. The number of rotatable bonds is 7. The molecule has 1 amide bonds. The molecule has 0 aromatic carbocycles. The molecule has 0 spiro atoms. The van der Waals surface area contributed by atoms with Crippen LogP contribution in [-0.2, 0) is 11.2 Å². The summed E-state index contributed by atoms with van der Waals surface area (Å²) in [5.74, 6) is 1.82. The van der Waals surface area contributed by atoms with Gasteiger partial charge in [0.25, 0.3) is 0 Å². The molecule has 0 aliphatic carbocycles. The van der Waals surface area contributed by atoms with E-state index in [0.29, 0.717) is 12.3 Å². The number of carbonyl (C=O) groups is 1. The minimum atomic E-state index is 0.166. The van der Waals surface area contributed by atoms with Crippen LogP contribution in [0.5, 0.6) is 0 Å². The van der Waals surface area contributed by atoms with Gasteiger partial charge in [-0.05, 0) is 46.7 Å².